The number of nitriles is 1. The number of rotatable bonds is 4. The zero-order valence-corrected chi connectivity index (χ0v) is 11.1. The predicted molar refractivity (Wildman–Crippen MR) is 70.6 cm³/mol. The molecule has 18 heavy (non-hydrogen) atoms. The molecule has 0 amide bonds. The largest absolute Gasteiger partial charge is 0.357 e. The van der Waals surface area contributed by atoms with Crippen LogP contribution in [-0.4, -0.2) is 39.9 Å². The van der Waals surface area contributed by atoms with E-state index in [1.165, 1.54) is 24.4 Å². The molecule has 0 atom stereocenters. The third-order valence-corrected chi connectivity index (χ3v) is 4.25. The summed E-state index contributed by atoms with van der Waals surface area (Å²) in [5, 5.41) is 13.1. The van der Waals surface area contributed by atoms with Crippen molar-refractivity contribution in [1.82, 2.24) is 14.3 Å². The van der Waals surface area contributed by atoms with Crippen molar-refractivity contribution in [3.63, 3.8) is 0 Å². The standard InChI is InChI=1S/C12H17N5S/c13-5-8-17-6-3-10(4-7-17)14-12-15-11(16-18-12)9-1-2-9/h9-10H,1-4,6-8H2,(H,14,15,16). The van der Waals surface area contributed by atoms with Crippen molar-refractivity contribution in [1.29, 1.82) is 5.26 Å². The summed E-state index contributed by atoms with van der Waals surface area (Å²) in [6.45, 7) is 2.55. The Kier molecular flexibility index (Phi) is 3.43. The van der Waals surface area contributed by atoms with Gasteiger partial charge in [0, 0.05) is 36.6 Å². The molecule has 1 aromatic heterocycles. The first kappa shape index (κ1) is 11.9. The van der Waals surface area contributed by atoms with Crippen LogP contribution >= 0.6 is 11.5 Å². The summed E-state index contributed by atoms with van der Waals surface area (Å²) >= 11 is 1.48. The Labute approximate surface area is 111 Å². The molecule has 5 nitrogen and oxygen atoms in total. The number of anilines is 1. The van der Waals surface area contributed by atoms with E-state index in [0.29, 0.717) is 18.5 Å². The van der Waals surface area contributed by atoms with Crippen molar-refractivity contribution < 1.29 is 0 Å². The molecule has 1 saturated heterocycles. The highest BCUT2D eigenvalue weighted by atomic mass is 32.1. The number of nitrogens with one attached hydrogen (secondary N) is 1. The predicted octanol–water partition coefficient (Wildman–Crippen LogP) is 1.82. The van der Waals surface area contributed by atoms with Gasteiger partial charge in [0.15, 0.2) is 0 Å². The van der Waals surface area contributed by atoms with Crippen LogP contribution in [0.15, 0.2) is 0 Å². The number of nitrogens with zero attached hydrogens (tertiary/aromatic N) is 4. The molecule has 0 aromatic carbocycles. The van der Waals surface area contributed by atoms with Gasteiger partial charge in [-0.25, -0.2) is 4.98 Å². The third-order valence-electron chi connectivity index (χ3n) is 3.59. The van der Waals surface area contributed by atoms with Gasteiger partial charge >= 0.3 is 0 Å². The van der Waals surface area contributed by atoms with Crippen molar-refractivity contribution >= 4 is 16.7 Å². The highest BCUT2D eigenvalue weighted by Crippen LogP contribution is 2.39. The van der Waals surface area contributed by atoms with Crippen LogP contribution in [0.2, 0.25) is 0 Å². The molecule has 0 spiro atoms. The van der Waals surface area contributed by atoms with Crippen LogP contribution in [0.1, 0.15) is 37.4 Å². The molecular formula is C12H17N5S. The fourth-order valence-electron chi connectivity index (χ4n) is 2.31. The summed E-state index contributed by atoms with van der Waals surface area (Å²) in [6.07, 6.45) is 4.67. The van der Waals surface area contributed by atoms with Crippen molar-refractivity contribution in [2.75, 3.05) is 25.0 Å². The van der Waals surface area contributed by atoms with E-state index in [0.717, 1.165) is 36.9 Å². The number of hydrogen-bond acceptors (Lipinski definition) is 6. The lowest BCUT2D eigenvalue weighted by molar-refractivity contribution is 0.242. The highest BCUT2D eigenvalue weighted by molar-refractivity contribution is 7.09. The van der Waals surface area contributed by atoms with Gasteiger partial charge in [0.05, 0.1) is 12.6 Å². The average Bonchev–Trinajstić information content (AvgIpc) is 3.13. The van der Waals surface area contributed by atoms with Gasteiger partial charge in [0.2, 0.25) is 5.13 Å². The second kappa shape index (κ2) is 5.21. The topological polar surface area (TPSA) is 64.8 Å². The zero-order chi connectivity index (χ0) is 12.4. The molecule has 0 radical (unpaired) electrons. The van der Waals surface area contributed by atoms with Gasteiger partial charge in [0.25, 0.3) is 0 Å². The summed E-state index contributed by atoms with van der Waals surface area (Å²) < 4.78 is 4.40. The first-order valence-corrected chi connectivity index (χ1v) is 7.32. The van der Waals surface area contributed by atoms with Crippen molar-refractivity contribution in [3.8, 4) is 6.07 Å². The molecule has 2 heterocycles. The monoisotopic (exact) mass is 263 g/mol. The fraction of sp³-hybridized carbons (Fsp3) is 0.750. The Morgan fingerprint density at radius 3 is 2.78 bits per heavy atom. The van der Waals surface area contributed by atoms with Crippen molar-refractivity contribution in [3.05, 3.63) is 5.82 Å². The maximum atomic E-state index is 8.66. The van der Waals surface area contributed by atoms with E-state index >= 15 is 0 Å². The molecule has 1 saturated carbocycles. The van der Waals surface area contributed by atoms with Crippen LogP contribution in [0.3, 0.4) is 0 Å². The molecule has 1 aromatic rings. The summed E-state index contributed by atoms with van der Waals surface area (Å²) in [7, 11) is 0. The lowest BCUT2D eigenvalue weighted by atomic mass is 10.1. The molecule has 1 aliphatic carbocycles. The Bertz CT molecular complexity index is 440. The van der Waals surface area contributed by atoms with Gasteiger partial charge < -0.3 is 5.32 Å². The van der Waals surface area contributed by atoms with Gasteiger partial charge in [-0.1, -0.05) is 0 Å². The molecule has 6 heteroatoms. The zero-order valence-electron chi connectivity index (χ0n) is 10.3. The van der Waals surface area contributed by atoms with Crippen LogP contribution in [0, 0.1) is 11.3 Å². The Morgan fingerprint density at radius 2 is 2.11 bits per heavy atom. The maximum absolute atomic E-state index is 8.66. The van der Waals surface area contributed by atoms with Crippen molar-refractivity contribution in [2.24, 2.45) is 0 Å². The van der Waals surface area contributed by atoms with Crippen LogP contribution in [0.4, 0.5) is 5.13 Å². The maximum Gasteiger partial charge on any atom is 0.202 e. The number of piperidine rings is 1. The molecular weight excluding hydrogens is 246 g/mol. The first-order chi connectivity index (χ1) is 8.85. The molecule has 1 aliphatic heterocycles. The summed E-state index contributed by atoms with van der Waals surface area (Å²) in [5.41, 5.74) is 0. The van der Waals surface area contributed by atoms with E-state index in [2.05, 4.69) is 25.6 Å². The molecule has 2 aliphatic rings. The molecule has 3 rings (SSSR count). The van der Waals surface area contributed by atoms with Crippen LogP contribution in [0.25, 0.3) is 0 Å². The lowest BCUT2D eigenvalue weighted by Gasteiger charge is -2.30. The van der Waals surface area contributed by atoms with E-state index in [1.807, 2.05) is 0 Å². The van der Waals surface area contributed by atoms with E-state index in [-0.39, 0.29) is 0 Å². The van der Waals surface area contributed by atoms with Crippen LogP contribution < -0.4 is 5.32 Å². The Hall–Kier alpha value is -1.19. The highest BCUT2D eigenvalue weighted by Gasteiger charge is 2.28. The van der Waals surface area contributed by atoms with E-state index in [1.54, 1.807) is 0 Å². The third kappa shape index (κ3) is 2.79. The average molecular weight is 263 g/mol. The Balaban J connectivity index is 1.49. The van der Waals surface area contributed by atoms with Gasteiger partial charge in [-0.2, -0.15) is 9.64 Å². The fourth-order valence-corrected chi connectivity index (χ4v) is 3.03. The Morgan fingerprint density at radius 1 is 1.33 bits per heavy atom. The number of likely N-dealkylation sites (tertiary alicyclic amines) is 1. The molecule has 0 unspecified atom stereocenters. The van der Waals surface area contributed by atoms with E-state index in [4.69, 9.17) is 5.26 Å². The minimum atomic E-state index is 0.486. The van der Waals surface area contributed by atoms with Gasteiger partial charge in [-0.05, 0) is 25.7 Å². The molecule has 0 bridgehead atoms. The minimum absolute atomic E-state index is 0.486. The van der Waals surface area contributed by atoms with Gasteiger partial charge in [-0.3, -0.25) is 4.90 Å². The minimum Gasteiger partial charge on any atom is -0.357 e. The van der Waals surface area contributed by atoms with Crippen molar-refractivity contribution in [2.45, 2.75) is 37.6 Å². The van der Waals surface area contributed by atoms with Crippen LogP contribution in [0.5, 0.6) is 0 Å². The smallest absolute Gasteiger partial charge is 0.202 e. The lowest BCUT2D eigenvalue weighted by Crippen LogP contribution is -2.39. The first-order valence-electron chi connectivity index (χ1n) is 6.54. The summed E-state index contributed by atoms with van der Waals surface area (Å²) in [6, 6.07) is 2.70. The quantitative estimate of drug-likeness (QED) is 0.839. The summed E-state index contributed by atoms with van der Waals surface area (Å²) in [5.74, 6) is 1.67. The molecule has 1 N–H and O–H groups in total. The normalized spacial score (nSPS) is 21.7. The second-order valence-electron chi connectivity index (χ2n) is 5.08. The summed E-state index contributed by atoms with van der Waals surface area (Å²) in [4.78, 5) is 6.75. The van der Waals surface area contributed by atoms with Crippen LogP contribution in [-0.2, 0) is 0 Å². The SMILES string of the molecule is N#CCN1CCC(Nc2nc(C3CC3)ns2)CC1. The second-order valence-corrected chi connectivity index (χ2v) is 5.84. The van der Waals surface area contributed by atoms with E-state index < -0.39 is 0 Å². The molecule has 96 valence electrons. The molecule has 2 fully saturated rings. The number of aromatic nitrogens is 2. The number of hydrogen-bond donors (Lipinski definition) is 1. The van der Waals surface area contributed by atoms with Gasteiger partial charge in [0.1, 0.15) is 5.82 Å². The van der Waals surface area contributed by atoms with Gasteiger partial charge in [-0.15, -0.1) is 0 Å². The van der Waals surface area contributed by atoms with E-state index in [9.17, 15) is 0 Å².